The van der Waals surface area contributed by atoms with Crippen LogP contribution < -0.4 is 28.4 Å². The van der Waals surface area contributed by atoms with Crippen LogP contribution in [0.2, 0.25) is 0 Å². The second-order valence-electron chi connectivity index (χ2n) is 7.83. The number of ether oxygens (including phenoxy) is 6. The molecule has 4 rings (SSSR count). The summed E-state index contributed by atoms with van der Waals surface area (Å²) in [5, 5.41) is 0.899. The van der Waals surface area contributed by atoms with Crippen molar-refractivity contribution < 1.29 is 28.4 Å². The van der Waals surface area contributed by atoms with Crippen LogP contribution in [0.15, 0.2) is 54.6 Å². The van der Waals surface area contributed by atoms with Crippen molar-refractivity contribution in [1.82, 2.24) is 4.98 Å². The van der Waals surface area contributed by atoms with Crippen LogP contribution in [0.4, 0.5) is 0 Å². The molecular weight excluding hydrogens is 494 g/mol. The van der Waals surface area contributed by atoms with E-state index < -0.39 is 0 Å². The Morgan fingerprint density at radius 2 is 1.11 bits per heavy atom. The molecule has 0 aliphatic heterocycles. The third-order valence-corrected chi connectivity index (χ3v) is 5.91. The summed E-state index contributed by atoms with van der Waals surface area (Å²) in [6.45, 7) is 0. The first-order chi connectivity index (χ1) is 17.5. The summed E-state index contributed by atoms with van der Waals surface area (Å²) in [5.74, 6) is 4.08. The van der Waals surface area contributed by atoms with Crippen molar-refractivity contribution in [1.29, 1.82) is 0 Å². The van der Waals surface area contributed by atoms with Gasteiger partial charge in [-0.25, -0.2) is 4.98 Å². The molecular formula is C29H30ClNO6. The Morgan fingerprint density at radius 1 is 0.541 bits per heavy atom. The van der Waals surface area contributed by atoms with E-state index in [0.29, 0.717) is 23.0 Å². The highest BCUT2D eigenvalue weighted by Gasteiger charge is 2.15. The van der Waals surface area contributed by atoms with E-state index in [9.17, 15) is 0 Å². The van der Waals surface area contributed by atoms with Crippen molar-refractivity contribution in [2.75, 3.05) is 42.7 Å². The van der Waals surface area contributed by atoms with Gasteiger partial charge in [0.15, 0.2) is 11.5 Å². The fraction of sp³-hybridized carbons (Fsp3) is 0.207. The van der Waals surface area contributed by atoms with Gasteiger partial charge in [-0.1, -0.05) is 12.2 Å². The number of aromatic nitrogens is 1. The molecule has 0 radical (unpaired) electrons. The van der Waals surface area contributed by atoms with Gasteiger partial charge in [0.05, 0.1) is 53.9 Å². The number of hydrogen-bond acceptors (Lipinski definition) is 7. The highest BCUT2D eigenvalue weighted by molar-refractivity contribution is 5.95. The van der Waals surface area contributed by atoms with E-state index in [1.165, 1.54) is 0 Å². The van der Waals surface area contributed by atoms with Gasteiger partial charge in [0.2, 0.25) is 0 Å². The Hall–Kier alpha value is -4.10. The highest BCUT2D eigenvalue weighted by Crippen LogP contribution is 2.38. The predicted octanol–water partition coefficient (Wildman–Crippen LogP) is 6.55. The summed E-state index contributed by atoms with van der Waals surface area (Å²) in [6.07, 6.45) is 4.00. The zero-order valence-corrected chi connectivity index (χ0v) is 22.5. The first-order valence-corrected chi connectivity index (χ1v) is 11.2. The molecule has 1 heterocycles. The topological polar surface area (TPSA) is 68.3 Å². The number of benzene rings is 3. The van der Waals surface area contributed by atoms with Crippen molar-refractivity contribution in [3.63, 3.8) is 0 Å². The quantitative estimate of drug-likeness (QED) is 0.246. The fourth-order valence-corrected chi connectivity index (χ4v) is 4.02. The Kier molecular flexibility index (Phi) is 9.09. The average molecular weight is 524 g/mol. The monoisotopic (exact) mass is 523 g/mol. The van der Waals surface area contributed by atoms with Crippen LogP contribution in [0, 0.1) is 0 Å². The summed E-state index contributed by atoms with van der Waals surface area (Å²) in [6, 6.07) is 17.1. The van der Waals surface area contributed by atoms with Gasteiger partial charge >= 0.3 is 0 Å². The first kappa shape index (κ1) is 27.5. The van der Waals surface area contributed by atoms with E-state index in [1.807, 2.05) is 66.7 Å². The normalized spacial score (nSPS) is 10.6. The van der Waals surface area contributed by atoms with E-state index in [2.05, 4.69) is 0 Å². The fourth-order valence-electron chi connectivity index (χ4n) is 4.02. The molecule has 0 bridgehead atoms. The minimum Gasteiger partial charge on any atom is -0.497 e. The van der Waals surface area contributed by atoms with Gasteiger partial charge < -0.3 is 28.4 Å². The van der Waals surface area contributed by atoms with Gasteiger partial charge in [-0.05, 0) is 54.1 Å². The lowest BCUT2D eigenvalue weighted by molar-refractivity contribution is 0.356. The largest absolute Gasteiger partial charge is 0.497 e. The summed E-state index contributed by atoms with van der Waals surface area (Å²) in [5.41, 5.74) is 4.07. The van der Waals surface area contributed by atoms with Crippen molar-refractivity contribution >= 4 is 35.5 Å². The highest BCUT2D eigenvalue weighted by atomic mass is 35.5. The SMILES string of the molecule is COc1ccc(OC)c(C=Cc2cc(-c3cc(OC)ccc3OC)nc3cc(OC)c(OC)cc23)c1.Cl. The maximum Gasteiger partial charge on any atom is 0.162 e. The molecule has 37 heavy (non-hydrogen) atoms. The van der Waals surface area contributed by atoms with Crippen LogP contribution in [0.1, 0.15) is 11.1 Å². The molecule has 0 saturated heterocycles. The van der Waals surface area contributed by atoms with Gasteiger partial charge in [0.25, 0.3) is 0 Å². The Bertz CT molecular complexity index is 1420. The number of pyridine rings is 1. The van der Waals surface area contributed by atoms with E-state index in [-0.39, 0.29) is 12.4 Å². The standard InChI is InChI=1S/C29H29NO6.ClH/c1-31-20-9-11-26(33-3)19(13-20)8-7-18-14-24(23-15-21(32-2)10-12-27(23)34-4)30-25-17-29(36-6)28(35-5)16-22(18)25;/h7-17H,1-6H3;1H. The Morgan fingerprint density at radius 3 is 1.73 bits per heavy atom. The predicted molar refractivity (Wildman–Crippen MR) is 149 cm³/mol. The molecule has 1 aromatic heterocycles. The minimum absolute atomic E-state index is 0. The van der Waals surface area contributed by atoms with Crippen molar-refractivity contribution in [2.45, 2.75) is 0 Å². The molecule has 8 heteroatoms. The molecule has 3 aromatic carbocycles. The first-order valence-electron chi connectivity index (χ1n) is 11.2. The van der Waals surface area contributed by atoms with Crippen LogP contribution in [0.5, 0.6) is 34.5 Å². The van der Waals surface area contributed by atoms with Crippen LogP contribution in [0.25, 0.3) is 34.3 Å². The molecule has 0 amide bonds. The van der Waals surface area contributed by atoms with Crippen LogP contribution in [-0.4, -0.2) is 47.6 Å². The van der Waals surface area contributed by atoms with Crippen molar-refractivity contribution in [3.05, 3.63) is 65.7 Å². The minimum atomic E-state index is 0. The van der Waals surface area contributed by atoms with E-state index in [0.717, 1.165) is 44.8 Å². The summed E-state index contributed by atoms with van der Waals surface area (Å²) in [7, 11) is 9.77. The zero-order chi connectivity index (χ0) is 25.7. The molecule has 4 aromatic rings. The molecule has 0 unspecified atom stereocenters. The Labute approximate surface area is 223 Å². The second kappa shape index (κ2) is 12.2. The van der Waals surface area contributed by atoms with Gasteiger partial charge in [0.1, 0.15) is 23.0 Å². The Balaban J connectivity index is 0.00000380. The molecule has 0 N–H and O–H groups in total. The lowest BCUT2D eigenvalue weighted by Gasteiger charge is -2.14. The number of nitrogens with zero attached hydrogens (tertiary/aromatic N) is 1. The van der Waals surface area contributed by atoms with Gasteiger partial charge in [-0.2, -0.15) is 0 Å². The molecule has 0 saturated carbocycles. The van der Waals surface area contributed by atoms with E-state index in [4.69, 9.17) is 33.4 Å². The van der Waals surface area contributed by atoms with Gasteiger partial charge in [-0.15, -0.1) is 12.4 Å². The smallest absolute Gasteiger partial charge is 0.162 e. The van der Waals surface area contributed by atoms with Crippen molar-refractivity contribution in [3.8, 4) is 45.8 Å². The van der Waals surface area contributed by atoms with Gasteiger partial charge in [0, 0.05) is 22.6 Å². The van der Waals surface area contributed by atoms with Gasteiger partial charge in [-0.3, -0.25) is 0 Å². The summed E-state index contributed by atoms with van der Waals surface area (Å²) in [4.78, 5) is 4.94. The number of methoxy groups -OCH3 is 6. The maximum absolute atomic E-state index is 5.63. The summed E-state index contributed by atoms with van der Waals surface area (Å²) >= 11 is 0. The van der Waals surface area contributed by atoms with Crippen LogP contribution >= 0.6 is 12.4 Å². The maximum atomic E-state index is 5.63. The third-order valence-electron chi connectivity index (χ3n) is 5.91. The number of hydrogen-bond donors (Lipinski definition) is 0. The van der Waals surface area contributed by atoms with E-state index in [1.54, 1.807) is 42.7 Å². The number of fused-ring (bicyclic) bond motifs is 1. The van der Waals surface area contributed by atoms with E-state index >= 15 is 0 Å². The van der Waals surface area contributed by atoms with Crippen LogP contribution in [-0.2, 0) is 0 Å². The zero-order valence-electron chi connectivity index (χ0n) is 21.7. The molecule has 0 fully saturated rings. The van der Waals surface area contributed by atoms with Crippen molar-refractivity contribution in [2.24, 2.45) is 0 Å². The summed E-state index contributed by atoms with van der Waals surface area (Å²) < 4.78 is 33.1. The molecule has 7 nitrogen and oxygen atoms in total. The molecule has 0 atom stereocenters. The lowest BCUT2D eigenvalue weighted by atomic mass is 10.0. The van der Waals surface area contributed by atoms with Crippen LogP contribution in [0.3, 0.4) is 0 Å². The third kappa shape index (κ3) is 5.67. The molecule has 0 aliphatic carbocycles. The number of rotatable bonds is 9. The molecule has 0 aliphatic rings. The molecule has 0 spiro atoms. The number of halogens is 1. The average Bonchev–Trinajstić information content (AvgIpc) is 2.94. The lowest BCUT2D eigenvalue weighted by Crippen LogP contribution is -1.96. The second-order valence-corrected chi connectivity index (χ2v) is 7.83. The molecule has 194 valence electrons.